The Balaban J connectivity index is 1.93. The van der Waals surface area contributed by atoms with Gasteiger partial charge in [-0.1, -0.05) is 41.9 Å². The molecular formula is C17H14ClN3O2. The van der Waals surface area contributed by atoms with E-state index in [-0.39, 0.29) is 0 Å². The fraction of sp³-hybridized carbons (Fsp3) is 0.118. The Morgan fingerprint density at radius 1 is 1.17 bits per heavy atom. The summed E-state index contributed by atoms with van der Waals surface area (Å²) in [6.45, 7) is 1.79. The average molecular weight is 328 g/mol. The van der Waals surface area contributed by atoms with Gasteiger partial charge >= 0.3 is 0 Å². The molecule has 1 N–H and O–H groups in total. The van der Waals surface area contributed by atoms with Crippen molar-refractivity contribution in [3.05, 3.63) is 81.9 Å². The highest BCUT2D eigenvalue weighted by atomic mass is 35.5. The quantitative estimate of drug-likeness (QED) is 0.860. The van der Waals surface area contributed by atoms with Crippen LogP contribution in [0.3, 0.4) is 0 Å². The molecule has 1 atom stereocenters. The van der Waals surface area contributed by atoms with Crippen molar-refractivity contribution in [1.82, 2.24) is 5.43 Å². The van der Waals surface area contributed by atoms with E-state index in [9.17, 15) is 4.91 Å². The van der Waals surface area contributed by atoms with Crippen LogP contribution in [0, 0.1) is 4.91 Å². The first-order valence-corrected chi connectivity index (χ1v) is 7.38. The molecule has 6 heteroatoms. The van der Waals surface area contributed by atoms with Crippen molar-refractivity contribution in [3.63, 3.8) is 0 Å². The van der Waals surface area contributed by atoms with Crippen molar-refractivity contribution in [2.24, 2.45) is 10.3 Å². The minimum atomic E-state index is -0.993. The van der Waals surface area contributed by atoms with E-state index in [1.54, 1.807) is 31.2 Å². The number of nitroso groups, excluding NO2 is 1. The molecule has 23 heavy (non-hydrogen) atoms. The second-order valence-corrected chi connectivity index (χ2v) is 5.61. The molecule has 2 aromatic rings. The molecule has 5 nitrogen and oxygen atoms in total. The van der Waals surface area contributed by atoms with Gasteiger partial charge in [0.05, 0.1) is 11.8 Å². The lowest BCUT2D eigenvalue weighted by molar-refractivity contribution is 0.105. The van der Waals surface area contributed by atoms with Gasteiger partial charge in [0.25, 0.3) is 0 Å². The lowest BCUT2D eigenvalue weighted by Gasteiger charge is -2.27. The molecule has 1 aliphatic heterocycles. The Bertz CT molecular complexity index is 772. The number of benzene rings is 2. The minimum Gasteiger partial charge on any atom is -0.463 e. The molecule has 3 rings (SSSR count). The van der Waals surface area contributed by atoms with Crippen molar-refractivity contribution in [3.8, 4) is 5.75 Å². The topological polar surface area (TPSA) is 63.0 Å². The van der Waals surface area contributed by atoms with Crippen molar-refractivity contribution >= 4 is 17.3 Å². The van der Waals surface area contributed by atoms with E-state index in [4.69, 9.17) is 16.3 Å². The average Bonchev–Trinajstić information content (AvgIpc) is 2.88. The van der Waals surface area contributed by atoms with E-state index in [1.807, 2.05) is 30.3 Å². The Labute approximate surface area is 138 Å². The van der Waals surface area contributed by atoms with Gasteiger partial charge in [-0.2, -0.15) is 5.10 Å². The molecule has 0 radical (unpaired) electrons. The SMILES string of the molecule is CC1(Oc2ccc(Cl)cc2)NN=C(c2ccccc2)C1=CN=O. The van der Waals surface area contributed by atoms with Crippen LogP contribution in [0.2, 0.25) is 5.02 Å². The summed E-state index contributed by atoms with van der Waals surface area (Å²) in [4.78, 5) is 10.8. The van der Waals surface area contributed by atoms with E-state index in [0.717, 1.165) is 5.56 Å². The molecule has 1 unspecified atom stereocenters. The first-order valence-electron chi connectivity index (χ1n) is 7.01. The first kappa shape index (κ1) is 15.2. The predicted octanol–water partition coefficient (Wildman–Crippen LogP) is 4.09. The monoisotopic (exact) mass is 327 g/mol. The Morgan fingerprint density at radius 2 is 1.87 bits per heavy atom. The number of ether oxygens (including phenoxy) is 1. The highest BCUT2D eigenvalue weighted by Gasteiger charge is 2.40. The van der Waals surface area contributed by atoms with Gasteiger partial charge in [0.15, 0.2) is 0 Å². The molecule has 0 amide bonds. The third kappa shape index (κ3) is 3.10. The molecule has 0 saturated heterocycles. The third-order valence-electron chi connectivity index (χ3n) is 3.51. The Kier molecular flexibility index (Phi) is 4.12. The smallest absolute Gasteiger partial charge is 0.222 e. The second kappa shape index (κ2) is 6.22. The fourth-order valence-corrected chi connectivity index (χ4v) is 2.50. The van der Waals surface area contributed by atoms with Crippen molar-refractivity contribution < 1.29 is 4.74 Å². The van der Waals surface area contributed by atoms with Gasteiger partial charge in [-0.15, -0.1) is 4.91 Å². The fourth-order valence-electron chi connectivity index (χ4n) is 2.38. The van der Waals surface area contributed by atoms with Crippen LogP contribution in [0.5, 0.6) is 5.75 Å². The van der Waals surface area contributed by atoms with Gasteiger partial charge < -0.3 is 4.74 Å². The lowest BCUT2D eigenvalue weighted by atomic mass is 9.97. The second-order valence-electron chi connectivity index (χ2n) is 5.18. The summed E-state index contributed by atoms with van der Waals surface area (Å²) in [6, 6.07) is 16.5. The number of hydrogen-bond donors (Lipinski definition) is 1. The van der Waals surface area contributed by atoms with E-state index >= 15 is 0 Å². The molecule has 0 saturated carbocycles. The van der Waals surface area contributed by atoms with E-state index < -0.39 is 5.72 Å². The molecule has 116 valence electrons. The van der Waals surface area contributed by atoms with Crippen LogP contribution >= 0.6 is 11.6 Å². The molecule has 0 fully saturated rings. The largest absolute Gasteiger partial charge is 0.463 e. The first-order chi connectivity index (χ1) is 11.1. The number of hydrazone groups is 1. The van der Waals surface area contributed by atoms with Crippen molar-refractivity contribution in [2.45, 2.75) is 12.6 Å². The van der Waals surface area contributed by atoms with Crippen molar-refractivity contribution in [1.29, 1.82) is 0 Å². The molecule has 0 aromatic heterocycles. The van der Waals surface area contributed by atoms with Crippen LogP contribution in [0.1, 0.15) is 12.5 Å². The van der Waals surface area contributed by atoms with Crippen molar-refractivity contribution in [2.75, 3.05) is 0 Å². The molecule has 1 heterocycles. The van der Waals surface area contributed by atoms with Crippen LogP contribution in [0.15, 0.2) is 76.6 Å². The standard InChI is InChI=1S/C17H14ClN3O2/c1-17(23-14-9-7-13(18)8-10-14)15(11-19-22)16(20-21-17)12-5-3-2-4-6-12/h2-11,21H,1H3. The van der Waals surface area contributed by atoms with Gasteiger partial charge in [-0.25, -0.2) is 0 Å². The van der Waals surface area contributed by atoms with Crippen LogP contribution < -0.4 is 10.2 Å². The zero-order valence-corrected chi connectivity index (χ0v) is 13.1. The zero-order chi connectivity index (χ0) is 16.3. The van der Waals surface area contributed by atoms with Crippen LogP contribution in [-0.4, -0.2) is 11.4 Å². The van der Waals surface area contributed by atoms with E-state index in [2.05, 4.69) is 15.7 Å². The summed E-state index contributed by atoms with van der Waals surface area (Å²) in [6.07, 6.45) is 1.22. The molecule has 2 aromatic carbocycles. The van der Waals surface area contributed by atoms with E-state index in [0.29, 0.717) is 22.1 Å². The van der Waals surface area contributed by atoms with Gasteiger partial charge in [0.1, 0.15) is 11.5 Å². The maximum absolute atomic E-state index is 10.8. The number of nitrogens with zero attached hydrogens (tertiary/aromatic N) is 2. The maximum Gasteiger partial charge on any atom is 0.222 e. The Hall–Kier alpha value is -2.66. The molecule has 0 spiro atoms. The summed E-state index contributed by atoms with van der Waals surface area (Å²) >= 11 is 5.88. The van der Waals surface area contributed by atoms with Crippen LogP contribution in [0.4, 0.5) is 0 Å². The van der Waals surface area contributed by atoms with Gasteiger partial charge in [0.2, 0.25) is 5.72 Å². The number of rotatable bonds is 4. The third-order valence-corrected chi connectivity index (χ3v) is 3.77. The molecule has 0 bridgehead atoms. The predicted molar refractivity (Wildman–Crippen MR) is 90.5 cm³/mol. The summed E-state index contributed by atoms with van der Waals surface area (Å²) < 4.78 is 5.98. The summed E-state index contributed by atoms with van der Waals surface area (Å²) in [5.41, 5.74) is 4.02. The molecular weight excluding hydrogens is 314 g/mol. The summed E-state index contributed by atoms with van der Waals surface area (Å²) in [7, 11) is 0. The number of hydrogen-bond acceptors (Lipinski definition) is 5. The highest BCUT2D eigenvalue weighted by molar-refractivity contribution is 6.30. The van der Waals surface area contributed by atoms with Crippen LogP contribution in [-0.2, 0) is 0 Å². The van der Waals surface area contributed by atoms with Gasteiger partial charge in [0, 0.05) is 17.5 Å². The lowest BCUT2D eigenvalue weighted by Crippen LogP contribution is -2.43. The van der Waals surface area contributed by atoms with Gasteiger partial charge in [-0.05, 0) is 29.4 Å². The highest BCUT2D eigenvalue weighted by Crippen LogP contribution is 2.30. The van der Waals surface area contributed by atoms with Crippen LogP contribution in [0.25, 0.3) is 0 Å². The zero-order valence-electron chi connectivity index (χ0n) is 12.4. The normalized spacial score (nSPS) is 21.7. The van der Waals surface area contributed by atoms with Gasteiger partial charge in [-0.3, -0.25) is 5.43 Å². The number of nitrogens with one attached hydrogen (secondary N) is 1. The minimum absolute atomic E-state index is 0.564. The molecule has 0 aliphatic carbocycles. The van der Waals surface area contributed by atoms with E-state index in [1.165, 1.54) is 6.20 Å². The maximum atomic E-state index is 10.8. The molecule has 1 aliphatic rings. The Morgan fingerprint density at radius 3 is 2.52 bits per heavy atom. The summed E-state index contributed by atoms with van der Waals surface area (Å²) in [5, 5.41) is 7.85. The number of halogens is 1. The summed E-state index contributed by atoms with van der Waals surface area (Å²) in [5.74, 6) is 0.603.